The lowest BCUT2D eigenvalue weighted by molar-refractivity contribution is 1.19. The first-order chi connectivity index (χ1) is 11.7. The zero-order valence-electron chi connectivity index (χ0n) is 14.4. The molecule has 0 atom stereocenters. The van der Waals surface area contributed by atoms with Crippen molar-refractivity contribution < 1.29 is 0 Å². The van der Waals surface area contributed by atoms with Crippen LogP contribution < -0.4 is 0 Å². The van der Waals surface area contributed by atoms with E-state index in [1.54, 1.807) is 0 Å². The minimum absolute atomic E-state index is 0.864. The molecule has 2 aromatic carbocycles. The van der Waals surface area contributed by atoms with Gasteiger partial charge in [0.2, 0.25) is 0 Å². The Labute approximate surface area is 146 Å². The molecule has 0 bridgehead atoms. The maximum Gasteiger partial charge on any atom is -0.00940 e. The molecule has 2 rings (SSSR count). The van der Waals surface area contributed by atoms with Crippen LogP contribution in [0.3, 0.4) is 0 Å². The van der Waals surface area contributed by atoms with Gasteiger partial charge in [-0.25, -0.2) is 0 Å². The molecule has 2 aromatic rings. The second-order valence-electron chi connectivity index (χ2n) is 5.95. The Morgan fingerprint density at radius 3 is 1.25 bits per heavy atom. The van der Waals surface area contributed by atoms with Gasteiger partial charge >= 0.3 is 0 Å². The van der Waals surface area contributed by atoms with Gasteiger partial charge in [-0.3, -0.25) is 0 Å². The third kappa shape index (κ3) is 4.23. The summed E-state index contributed by atoms with van der Waals surface area (Å²) in [7, 11) is 0. The van der Waals surface area contributed by atoms with E-state index in [0.717, 1.165) is 25.7 Å². The molecule has 24 heavy (non-hydrogen) atoms. The van der Waals surface area contributed by atoms with Crippen LogP contribution in [0.25, 0.3) is 11.1 Å². The molecule has 0 radical (unpaired) electrons. The Morgan fingerprint density at radius 2 is 0.917 bits per heavy atom. The highest BCUT2D eigenvalue weighted by Crippen LogP contribution is 2.31. The molecule has 0 saturated carbocycles. The van der Waals surface area contributed by atoms with Crippen LogP contribution in [-0.4, -0.2) is 0 Å². The van der Waals surface area contributed by atoms with E-state index < -0.39 is 0 Å². The predicted octanol–water partition coefficient (Wildman–Crippen LogP) is 6.27. The maximum absolute atomic E-state index is 3.91. The van der Waals surface area contributed by atoms with Gasteiger partial charge in [0.1, 0.15) is 0 Å². The molecule has 0 heterocycles. The first-order valence-corrected chi connectivity index (χ1v) is 8.41. The highest BCUT2D eigenvalue weighted by atomic mass is 14.1. The van der Waals surface area contributed by atoms with Crippen molar-refractivity contribution in [1.82, 2.24) is 0 Å². The van der Waals surface area contributed by atoms with Gasteiger partial charge in [0.05, 0.1) is 0 Å². The zero-order valence-corrected chi connectivity index (χ0v) is 14.4. The summed E-state index contributed by atoms with van der Waals surface area (Å²) in [6, 6.07) is 13.4. The second-order valence-corrected chi connectivity index (χ2v) is 5.95. The third-order valence-electron chi connectivity index (χ3n) is 4.13. The van der Waals surface area contributed by atoms with E-state index in [2.05, 4.69) is 62.7 Å². The highest BCUT2D eigenvalue weighted by Gasteiger charge is 2.10. The van der Waals surface area contributed by atoms with Crippen LogP contribution in [0.15, 0.2) is 87.0 Å². The minimum atomic E-state index is 0.864. The lowest BCUT2D eigenvalue weighted by atomic mass is 9.89. The normalized spacial score (nSPS) is 10.2. The molecule has 0 fully saturated rings. The van der Waals surface area contributed by atoms with E-state index in [1.165, 1.54) is 33.4 Å². The van der Waals surface area contributed by atoms with Gasteiger partial charge in [0.25, 0.3) is 0 Å². The SMILES string of the molecule is C=CCc1ccc(CC=C)c(-c2cc(CC=C)ccc2CC=C)c1. The van der Waals surface area contributed by atoms with Crippen LogP contribution in [0.5, 0.6) is 0 Å². The van der Waals surface area contributed by atoms with Crippen LogP contribution in [-0.2, 0) is 25.7 Å². The van der Waals surface area contributed by atoms with Gasteiger partial charge in [-0.2, -0.15) is 0 Å². The number of allylic oxidation sites excluding steroid dienone is 4. The van der Waals surface area contributed by atoms with Gasteiger partial charge in [0, 0.05) is 0 Å². The third-order valence-corrected chi connectivity index (χ3v) is 4.13. The summed E-state index contributed by atoms with van der Waals surface area (Å²) < 4.78 is 0. The standard InChI is InChI=1S/C24H26/c1-5-9-19-13-15-21(11-7-3)23(17-19)24-18-20(10-6-2)14-16-22(24)12-8-4/h5-8,13-18H,1-4,9-12H2. The van der Waals surface area contributed by atoms with E-state index >= 15 is 0 Å². The number of rotatable bonds is 9. The fourth-order valence-electron chi connectivity index (χ4n) is 3.00. The van der Waals surface area contributed by atoms with Gasteiger partial charge in [-0.05, 0) is 59.1 Å². The van der Waals surface area contributed by atoms with Crippen LogP contribution >= 0.6 is 0 Å². The van der Waals surface area contributed by atoms with E-state index in [1.807, 2.05) is 24.3 Å². The fourth-order valence-corrected chi connectivity index (χ4v) is 3.00. The van der Waals surface area contributed by atoms with Crippen molar-refractivity contribution in [3.05, 3.63) is 109 Å². The van der Waals surface area contributed by atoms with Gasteiger partial charge in [0.15, 0.2) is 0 Å². The molecule has 0 N–H and O–H groups in total. The summed E-state index contributed by atoms with van der Waals surface area (Å²) >= 11 is 0. The van der Waals surface area contributed by atoms with Crippen LogP contribution in [0.1, 0.15) is 22.3 Å². The lowest BCUT2D eigenvalue weighted by Gasteiger charge is -2.15. The molecule has 0 aliphatic rings. The lowest BCUT2D eigenvalue weighted by Crippen LogP contribution is -1.97. The van der Waals surface area contributed by atoms with Crippen molar-refractivity contribution in [2.75, 3.05) is 0 Å². The Balaban J connectivity index is 2.65. The Kier molecular flexibility index (Phi) is 6.57. The van der Waals surface area contributed by atoms with Gasteiger partial charge in [-0.1, -0.05) is 60.7 Å². The van der Waals surface area contributed by atoms with Crippen LogP contribution in [0.2, 0.25) is 0 Å². The summed E-state index contributed by atoms with van der Waals surface area (Å²) in [5.74, 6) is 0. The van der Waals surface area contributed by atoms with E-state index in [4.69, 9.17) is 0 Å². The van der Waals surface area contributed by atoms with Crippen LogP contribution in [0.4, 0.5) is 0 Å². The Morgan fingerprint density at radius 1 is 0.542 bits per heavy atom. The average molecular weight is 314 g/mol. The molecule has 0 aromatic heterocycles. The molecule has 0 amide bonds. The molecule has 0 spiro atoms. The minimum Gasteiger partial charge on any atom is -0.103 e. The fraction of sp³-hybridized carbons (Fsp3) is 0.167. The summed E-state index contributed by atoms with van der Waals surface area (Å²) in [5.41, 5.74) is 7.75. The monoisotopic (exact) mass is 314 g/mol. The average Bonchev–Trinajstić information content (AvgIpc) is 2.58. The predicted molar refractivity (Wildman–Crippen MR) is 107 cm³/mol. The van der Waals surface area contributed by atoms with Crippen molar-refractivity contribution in [2.45, 2.75) is 25.7 Å². The molecular formula is C24H26. The summed E-state index contributed by atoms with van der Waals surface area (Å²) in [6.07, 6.45) is 11.3. The summed E-state index contributed by atoms with van der Waals surface area (Å²) in [5, 5.41) is 0. The second kappa shape index (κ2) is 8.88. The molecule has 0 aliphatic heterocycles. The first kappa shape index (κ1) is 17.7. The summed E-state index contributed by atoms with van der Waals surface area (Å²) in [4.78, 5) is 0. The number of hydrogen-bond donors (Lipinski definition) is 0. The number of hydrogen-bond acceptors (Lipinski definition) is 0. The zero-order chi connectivity index (χ0) is 17.4. The highest BCUT2D eigenvalue weighted by molar-refractivity contribution is 5.73. The van der Waals surface area contributed by atoms with Crippen molar-refractivity contribution in [3.63, 3.8) is 0 Å². The molecule has 0 aliphatic carbocycles. The van der Waals surface area contributed by atoms with Crippen molar-refractivity contribution in [1.29, 1.82) is 0 Å². The Hall–Kier alpha value is -2.60. The topological polar surface area (TPSA) is 0 Å². The van der Waals surface area contributed by atoms with Gasteiger partial charge < -0.3 is 0 Å². The molecular weight excluding hydrogens is 288 g/mol. The first-order valence-electron chi connectivity index (χ1n) is 8.41. The smallest absolute Gasteiger partial charge is 0.00940 e. The molecule has 0 unspecified atom stereocenters. The Bertz CT molecular complexity index is 681. The maximum atomic E-state index is 3.91. The quantitative estimate of drug-likeness (QED) is 0.479. The number of benzene rings is 2. The van der Waals surface area contributed by atoms with Crippen molar-refractivity contribution >= 4 is 0 Å². The van der Waals surface area contributed by atoms with Crippen molar-refractivity contribution in [3.8, 4) is 11.1 Å². The molecule has 0 saturated heterocycles. The van der Waals surface area contributed by atoms with Gasteiger partial charge in [-0.15, -0.1) is 26.3 Å². The molecule has 0 heteroatoms. The van der Waals surface area contributed by atoms with Crippen LogP contribution in [0, 0.1) is 0 Å². The van der Waals surface area contributed by atoms with E-state index in [0.29, 0.717) is 0 Å². The largest absolute Gasteiger partial charge is 0.103 e. The molecule has 122 valence electrons. The van der Waals surface area contributed by atoms with E-state index in [9.17, 15) is 0 Å². The summed E-state index contributed by atoms with van der Waals surface area (Å²) in [6.45, 7) is 15.5. The molecule has 0 nitrogen and oxygen atoms in total. The van der Waals surface area contributed by atoms with E-state index in [-0.39, 0.29) is 0 Å². The van der Waals surface area contributed by atoms with Crippen molar-refractivity contribution in [2.24, 2.45) is 0 Å².